The fourth-order valence-electron chi connectivity index (χ4n) is 2.63. The van der Waals surface area contributed by atoms with Crippen molar-refractivity contribution in [2.75, 3.05) is 13.7 Å². The Balaban J connectivity index is 1.41. The zero-order valence-corrected chi connectivity index (χ0v) is 14.4. The summed E-state index contributed by atoms with van der Waals surface area (Å²) >= 11 is 0. The van der Waals surface area contributed by atoms with E-state index in [9.17, 15) is 4.79 Å². The summed E-state index contributed by atoms with van der Waals surface area (Å²) in [5, 5.41) is 6.87. The van der Waals surface area contributed by atoms with Crippen molar-refractivity contribution in [2.24, 2.45) is 11.7 Å². The fourth-order valence-corrected chi connectivity index (χ4v) is 2.63. The summed E-state index contributed by atoms with van der Waals surface area (Å²) in [6, 6.07) is 7.55. The number of nitrogens with one attached hydrogen (secondary N) is 1. The maximum atomic E-state index is 11.8. The molecule has 0 spiro atoms. The molecule has 0 bridgehead atoms. The van der Waals surface area contributed by atoms with Crippen LogP contribution in [0.2, 0.25) is 0 Å². The van der Waals surface area contributed by atoms with Crippen LogP contribution in [0.1, 0.15) is 31.6 Å². The molecule has 1 aromatic heterocycles. The molecule has 7 nitrogen and oxygen atoms in total. The molecule has 1 atom stereocenters. The minimum atomic E-state index is 0.0194. The van der Waals surface area contributed by atoms with Crippen LogP contribution in [-0.2, 0) is 11.2 Å². The number of carbonyl (C=O) groups excluding carboxylic acids is 1. The highest BCUT2D eigenvalue weighted by atomic mass is 16.5. The predicted molar refractivity (Wildman–Crippen MR) is 92.9 cm³/mol. The molecule has 134 valence electrons. The number of carbonyl (C=O) groups is 1. The zero-order valence-electron chi connectivity index (χ0n) is 14.4. The van der Waals surface area contributed by atoms with E-state index >= 15 is 0 Å². The summed E-state index contributed by atoms with van der Waals surface area (Å²) in [6.07, 6.45) is 4.03. The molecule has 1 unspecified atom stereocenters. The Labute approximate surface area is 146 Å². The van der Waals surface area contributed by atoms with Crippen LogP contribution in [0, 0.1) is 5.92 Å². The van der Waals surface area contributed by atoms with Crippen molar-refractivity contribution in [1.29, 1.82) is 0 Å². The first-order chi connectivity index (χ1) is 12.2. The Bertz CT molecular complexity index is 695. The van der Waals surface area contributed by atoms with Gasteiger partial charge in [-0.3, -0.25) is 4.79 Å². The number of methoxy groups -OCH3 is 1. The number of hydrogen-bond acceptors (Lipinski definition) is 6. The SMILES string of the molecule is COc1ccc(-c2noc(CCCC(=O)NCC(N)C3CC3)n2)cc1. The van der Waals surface area contributed by atoms with Crippen LogP contribution in [0.15, 0.2) is 28.8 Å². The van der Waals surface area contributed by atoms with E-state index in [-0.39, 0.29) is 11.9 Å². The van der Waals surface area contributed by atoms with Crippen molar-refractivity contribution in [3.8, 4) is 17.1 Å². The second-order valence-corrected chi connectivity index (χ2v) is 6.40. The first kappa shape index (κ1) is 17.4. The van der Waals surface area contributed by atoms with Crippen molar-refractivity contribution in [1.82, 2.24) is 15.5 Å². The predicted octanol–water partition coefficient (Wildman–Crippen LogP) is 1.92. The number of rotatable bonds is 9. The molecule has 1 amide bonds. The van der Waals surface area contributed by atoms with Crippen LogP contribution in [-0.4, -0.2) is 35.7 Å². The van der Waals surface area contributed by atoms with Crippen molar-refractivity contribution in [3.63, 3.8) is 0 Å². The third-order valence-electron chi connectivity index (χ3n) is 4.37. The molecule has 2 aromatic rings. The van der Waals surface area contributed by atoms with E-state index in [1.165, 1.54) is 12.8 Å². The van der Waals surface area contributed by atoms with E-state index in [0.29, 0.717) is 43.4 Å². The van der Waals surface area contributed by atoms with Crippen LogP contribution < -0.4 is 15.8 Å². The first-order valence-electron chi connectivity index (χ1n) is 8.65. The molecule has 7 heteroatoms. The standard InChI is InChI=1S/C18H24N4O3/c1-24-14-9-7-13(8-10-14)18-21-17(25-22-18)4-2-3-16(23)20-11-15(19)12-5-6-12/h7-10,12,15H,2-6,11,19H2,1H3,(H,20,23). The maximum absolute atomic E-state index is 11.8. The Hall–Kier alpha value is -2.41. The molecule has 1 fully saturated rings. The number of aromatic nitrogens is 2. The van der Waals surface area contributed by atoms with Gasteiger partial charge < -0.3 is 20.3 Å². The van der Waals surface area contributed by atoms with Gasteiger partial charge in [-0.1, -0.05) is 5.16 Å². The smallest absolute Gasteiger partial charge is 0.226 e. The number of nitrogens with zero attached hydrogens (tertiary/aromatic N) is 2. The average Bonchev–Trinajstić information content (AvgIpc) is 3.39. The van der Waals surface area contributed by atoms with E-state index in [1.807, 2.05) is 24.3 Å². The monoisotopic (exact) mass is 344 g/mol. The lowest BCUT2D eigenvalue weighted by Gasteiger charge is -2.11. The summed E-state index contributed by atoms with van der Waals surface area (Å²) in [6.45, 7) is 0.561. The third-order valence-corrected chi connectivity index (χ3v) is 4.37. The summed E-state index contributed by atoms with van der Waals surface area (Å²) in [5.74, 6) is 2.46. The van der Waals surface area contributed by atoms with E-state index in [1.54, 1.807) is 7.11 Å². The van der Waals surface area contributed by atoms with E-state index in [0.717, 1.165) is 11.3 Å². The zero-order chi connectivity index (χ0) is 17.6. The van der Waals surface area contributed by atoms with Crippen molar-refractivity contribution in [3.05, 3.63) is 30.2 Å². The van der Waals surface area contributed by atoms with Gasteiger partial charge >= 0.3 is 0 Å². The highest BCUT2D eigenvalue weighted by Gasteiger charge is 2.28. The number of nitrogens with two attached hydrogens (primary N) is 1. The lowest BCUT2D eigenvalue weighted by Crippen LogP contribution is -2.38. The van der Waals surface area contributed by atoms with Crippen LogP contribution in [0.3, 0.4) is 0 Å². The van der Waals surface area contributed by atoms with Gasteiger partial charge in [-0.15, -0.1) is 0 Å². The van der Waals surface area contributed by atoms with E-state index in [4.69, 9.17) is 15.0 Å². The summed E-state index contributed by atoms with van der Waals surface area (Å²) in [4.78, 5) is 16.2. The lowest BCUT2D eigenvalue weighted by atomic mass is 10.2. The number of aryl methyl sites for hydroxylation is 1. The second-order valence-electron chi connectivity index (χ2n) is 6.40. The second kappa shape index (κ2) is 8.11. The first-order valence-corrected chi connectivity index (χ1v) is 8.65. The van der Waals surface area contributed by atoms with Crippen LogP contribution in [0.25, 0.3) is 11.4 Å². The molecule has 0 aliphatic heterocycles. The van der Waals surface area contributed by atoms with Crippen LogP contribution >= 0.6 is 0 Å². The van der Waals surface area contributed by atoms with Crippen molar-refractivity contribution >= 4 is 5.91 Å². The molecular formula is C18H24N4O3. The molecule has 3 rings (SSSR count). The molecule has 3 N–H and O–H groups in total. The van der Waals surface area contributed by atoms with Gasteiger partial charge in [0.2, 0.25) is 17.6 Å². The molecule has 1 heterocycles. The Morgan fingerprint density at radius 2 is 2.16 bits per heavy atom. The Morgan fingerprint density at radius 3 is 2.84 bits per heavy atom. The average molecular weight is 344 g/mol. The molecule has 1 saturated carbocycles. The van der Waals surface area contributed by atoms with E-state index < -0.39 is 0 Å². The van der Waals surface area contributed by atoms with Crippen molar-refractivity contribution < 1.29 is 14.1 Å². The maximum Gasteiger partial charge on any atom is 0.226 e. The highest BCUT2D eigenvalue weighted by Crippen LogP contribution is 2.31. The van der Waals surface area contributed by atoms with Gasteiger partial charge in [0, 0.05) is 31.0 Å². The molecule has 25 heavy (non-hydrogen) atoms. The molecule has 1 aromatic carbocycles. The van der Waals surface area contributed by atoms with Crippen LogP contribution in [0.4, 0.5) is 0 Å². The molecule has 1 aliphatic rings. The molecular weight excluding hydrogens is 320 g/mol. The lowest BCUT2D eigenvalue weighted by molar-refractivity contribution is -0.121. The molecule has 0 radical (unpaired) electrons. The van der Waals surface area contributed by atoms with E-state index in [2.05, 4.69) is 15.5 Å². The van der Waals surface area contributed by atoms with Gasteiger partial charge in [-0.25, -0.2) is 0 Å². The summed E-state index contributed by atoms with van der Waals surface area (Å²) in [7, 11) is 1.62. The Kier molecular flexibility index (Phi) is 5.65. The number of benzene rings is 1. The third kappa shape index (κ3) is 5.03. The van der Waals surface area contributed by atoms with Crippen molar-refractivity contribution in [2.45, 2.75) is 38.1 Å². The van der Waals surface area contributed by atoms with Gasteiger partial charge in [0.25, 0.3) is 0 Å². The topological polar surface area (TPSA) is 103 Å². The Morgan fingerprint density at radius 1 is 1.40 bits per heavy atom. The minimum absolute atomic E-state index is 0.0194. The normalized spacial score (nSPS) is 15.0. The van der Waals surface area contributed by atoms with Gasteiger partial charge in [0.1, 0.15) is 5.75 Å². The minimum Gasteiger partial charge on any atom is -0.497 e. The highest BCUT2D eigenvalue weighted by molar-refractivity contribution is 5.75. The fraction of sp³-hybridized carbons (Fsp3) is 0.500. The summed E-state index contributed by atoms with van der Waals surface area (Å²) < 4.78 is 10.4. The van der Waals surface area contributed by atoms with Crippen LogP contribution in [0.5, 0.6) is 5.75 Å². The van der Waals surface area contributed by atoms with Gasteiger partial charge in [0.15, 0.2) is 0 Å². The molecule has 0 saturated heterocycles. The molecule has 1 aliphatic carbocycles. The number of amides is 1. The van der Waals surface area contributed by atoms with Gasteiger partial charge in [-0.2, -0.15) is 4.98 Å². The number of hydrogen-bond donors (Lipinski definition) is 2. The number of ether oxygens (including phenoxy) is 1. The largest absolute Gasteiger partial charge is 0.497 e. The summed E-state index contributed by atoms with van der Waals surface area (Å²) in [5.41, 5.74) is 6.83. The van der Waals surface area contributed by atoms with Gasteiger partial charge in [-0.05, 0) is 49.4 Å². The van der Waals surface area contributed by atoms with Gasteiger partial charge in [0.05, 0.1) is 7.11 Å². The quantitative estimate of drug-likeness (QED) is 0.720.